The van der Waals surface area contributed by atoms with Crippen LogP contribution in [0.25, 0.3) is 5.57 Å². The average molecular weight is 373 g/mol. The van der Waals surface area contributed by atoms with Crippen LogP contribution in [0.5, 0.6) is 0 Å². The lowest BCUT2D eigenvalue weighted by Crippen LogP contribution is -2.65. The molecule has 5 nitrogen and oxygen atoms in total. The molecule has 0 bridgehead atoms. The zero-order valence-electron chi connectivity index (χ0n) is 16.6. The minimum Gasteiger partial charge on any atom is -0.395 e. The third-order valence-corrected chi connectivity index (χ3v) is 5.80. The van der Waals surface area contributed by atoms with Crippen molar-refractivity contribution < 1.29 is 14.6 Å². The van der Waals surface area contributed by atoms with Gasteiger partial charge in [0.05, 0.1) is 6.61 Å². The summed E-state index contributed by atoms with van der Waals surface area (Å²) in [4.78, 5) is 14.2. The summed E-state index contributed by atoms with van der Waals surface area (Å²) in [5.74, 6) is 0.210. The Bertz CT molecular complexity index is 669. The quantitative estimate of drug-likeness (QED) is 0.736. The largest absolute Gasteiger partial charge is 0.395 e. The highest BCUT2D eigenvalue weighted by Crippen LogP contribution is 2.35. The van der Waals surface area contributed by atoms with E-state index in [1.165, 1.54) is 29.5 Å². The van der Waals surface area contributed by atoms with Gasteiger partial charge in [-0.2, -0.15) is 0 Å². The lowest BCUT2D eigenvalue weighted by atomic mass is 9.77. The number of benzene rings is 1. The van der Waals surface area contributed by atoms with E-state index in [1.54, 1.807) is 7.11 Å². The highest BCUT2D eigenvalue weighted by atomic mass is 16.5. The van der Waals surface area contributed by atoms with Gasteiger partial charge in [0.2, 0.25) is 5.91 Å². The van der Waals surface area contributed by atoms with Crippen LogP contribution in [0.4, 0.5) is 0 Å². The summed E-state index contributed by atoms with van der Waals surface area (Å²) < 4.78 is 5.03. The van der Waals surface area contributed by atoms with Crippen LogP contribution < -0.4 is 5.32 Å². The molecule has 3 atom stereocenters. The molecule has 27 heavy (non-hydrogen) atoms. The molecule has 0 unspecified atom stereocenters. The first-order chi connectivity index (χ1) is 13.0. The molecule has 2 N–H and O–H groups in total. The molecule has 2 aliphatic rings. The number of aliphatic hydroxyl groups is 1. The molecule has 3 rings (SSSR count). The Balaban J connectivity index is 1.72. The Morgan fingerprint density at radius 2 is 2.04 bits per heavy atom. The first kappa shape index (κ1) is 20.1. The maximum Gasteiger partial charge on any atom is 0.248 e. The first-order valence-electron chi connectivity index (χ1n) is 9.99. The van der Waals surface area contributed by atoms with Gasteiger partial charge in [-0.15, -0.1) is 0 Å². The molecule has 0 saturated carbocycles. The molecule has 1 saturated heterocycles. The van der Waals surface area contributed by atoms with Crippen molar-refractivity contribution in [2.75, 3.05) is 26.9 Å². The molecule has 0 spiro atoms. The van der Waals surface area contributed by atoms with Gasteiger partial charge in [0.15, 0.2) is 0 Å². The molecule has 1 aromatic carbocycles. The van der Waals surface area contributed by atoms with Gasteiger partial charge >= 0.3 is 0 Å². The minimum absolute atomic E-state index is 0.00372. The van der Waals surface area contributed by atoms with E-state index in [4.69, 9.17) is 4.74 Å². The van der Waals surface area contributed by atoms with Crippen LogP contribution in [0.2, 0.25) is 0 Å². The summed E-state index contributed by atoms with van der Waals surface area (Å²) in [6.45, 7) is 4.86. The van der Waals surface area contributed by atoms with Crippen LogP contribution in [0.3, 0.4) is 0 Å². The van der Waals surface area contributed by atoms with Gasteiger partial charge in [0.1, 0.15) is 6.61 Å². The molecule has 1 aromatic rings. The Morgan fingerprint density at radius 3 is 2.59 bits per heavy atom. The fraction of sp³-hybridized carbons (Fsp3) is 0.591. The molecule has 1 fully saturated rings. The summed E-state index contributed by atoms with van der Waals surface area (Å²) >= 11 is 0. The number of nitrogens with zero attached hydrogens (tertiary/aromatic N) is 1. The molecule has 0 aromatic heterocycles. The van der Waals surface area contributed by atoms with E-state index in [0.29, 0.717) is 6.54 Å². The lowest BCUT2D eigenvalue weighted by Gasteiger charge is -2.48. The number of hydrogen-bond acceptors (Lipinski definition) is 4. The van der Waals surface area contributed by atoms with Crippen molar-refractivity contribution in [2.24, 2.45) is 0 Å². The summed E-state index contributed by atoms with van der Waals surface area (Å²) in [6.07, 6.45) is 5.93. The Labute approximate surface area is 162 Å². The number of hydrogen-bond donors (Lipinski definition) is 2. The van der Waals surface area contributed by atoms with Crippen molar-refractivity contribution in [1.82, 2.24) is 10.2 Å². The minimum atomic E-state index is 0.00372. The lowest BCUT2D eigenvalue weighted by molar-refractivity contribution is -0.138. The molecular weight excluding hydrogens is 340 g/mol. The number of amides is 1. The maximum absolute atomic E-state index is 12.4. The molecule has 148 valence electrons. The predicted octanol–water partition coefficient (Wildman–Crippen LogP) is 2.55. The Kier molecular flexibility index (Phi) is 6.68. The number of methoxy groups -OCH3 is 1. The second-order valence-corrected chi connectivity index (χ2v) is 7.90. The van der Waals surface area contributed by atoms with Gasteiger partial charge in [-0.1, -0.05) is 30.3 Å². The van der Waals surface area contributed by atoms with Crippen LogP contribution in [0.15, 0.2) is 30.3 Å². The van der Waals surface area contributed by atoms with Crippen LogP contribution in [-0.4, -0.2) is 60.9 Å². The normalized spacial score (nSPS) is 24.6. The fourth-order valence-corrected chi connectivity index (χ4v) is 4.31. The van der Waals surface area contributed by atoms with Crippen molar-refractivity contribution in [1.29, 1.82) is 0 Å². The second-order valence-electron chi connectivity index (χ2n) is 7.90. The van der Waals surface area contributed by atoms with E-state index in [0.717, 1.165) is 6.42 Å². The summed E-state index contributed by atoms with van der Waals surface area (Å²) in [5.41, 5.74) is 3.97. The average Bonchev–Trinajstić information content (AvgIpc) is 3.16. The highest BCUT2D eigenvalue weighted by Gasteiger charge is 2.42. The number of nitrogens with one attached hydrogen (secondary N) is 1. The summed E-state index contributed by atoms with van der Waals surface area (Å²) in [5, 5.41) is 13.2. The van der Waals surface area contributed by atoms with E-state index in [-0.39, 0.29) is 43.2 Å². The van der Waals surface area contributed by atoms with Crippen molar-refractivity contribution >= 4 is 11.5 Å². The van der Waals surface area contributed by atoms with Gasteiger partial charge in [0.25, 0.3) is 0 Å². The second kappa shape index (κ2) is 9.00. The topological polar surface area (TPSA) is 61.8 Å². The fourth-order valence-electron chi connectivity index (χ4n) is 4.31. The summed E-state index contributed by atoms with van der Waals surface area (Å²) in [6, 6.07) is 9.07. The van der Waals surface area contributed by atoms with Gasteiger partial charge in [-0.3, -0.25) is 4.79 Å². The monoisotopic (exact) mass is 372 g/mol. The van der Waals surface area contributed by atoms with Crippen LogP contribution >= 0.6 is 0 Å². The van der Waals surface area contributed by atoms with Gasteiger partial charge in [-0.05, 0) is 49.8 Å². The molecule has 1 heterocycles. The first-order valence-corrected chi connectivity index (χ1v) is 9.99. The number of ether oxygens (including phenoxy) is 1. The SMILES string of the molecule is COCC(=O)N(C[C@H]1N[C@H](CO)[C@@H]1c1ccc(C2=CCCC2)cc1)C(C)C. The van der Waals surface area contributed by atoms with Crippen LogP contribution in [-0.2, 0) is 9.53 Å². The number of allylic oxidation sites excluding steroid dienone is 2. The summed E-state index contributed by atoms with van der Waals surface area (Å²) in [7, 11) is 1.55. The van der Waals surface area contributed by atoms with Crippen molar-refractivity contribution in [3.8, 4) is 0 Å². The standard InChI is InChI=1S/C22H32N2O3/c1-15(2)24(21(26)14-27-3)12-19-22(20(13-25)23-19)18-10-8-17(9-11-18)16-6-4-5-7-16/h6,8-11,15,19-20,22-23,25H,4-5,7,12-14H2,1-3H3/t19-,20-,22-/m1/s1. The van der Waals surface area contributed by atoms with E-state index < -0.39 is 0 Å². The third-order valence-electron chi connectivity index (χ3n) is 5.80. The van der Waals surface area contributed by atoms with Crippen molar-refractivity contribution in [2.45, 2.75) is 57.2 Å². The third kappa shape index (κ3) is 4.42. The zero-order valence-corrected chi connectivity index (χ0v) is 16.6. The van der Waals surface area contributed by atoms with Gasteiger partial charge < -0.3 is 20.1 Å². The smallest absolute Gasteiger partial charge is 0.248 e. The molecular formula is C22H32N2O3. The predicted molar refractivity (Wildman–Crippen MR) is 108 cm³/mol. The van der Waals surface area contributed by atoms with Crippen LogP contribution in [0.1, 0.15) is 50.2 Å². The van der Waals surface area contributed by atoms with Gasteiger partial charge in [0, 0.05) is 37.7 Å². The Morgan fingerprint density at radius 1 is 1.30 bits per heavy atom. The highest BCUT2D eigenvalue weighted by molar-refractivity contribution is 5.77. The van der Waals surface area contributed by atoms with Crippen molar-refractivity contribution in [3.05, 3.63) is 41.5 Å². The Hall–Kier alpha value is -1.69. The van der Waals surface area contributed by atoms with E-state index in [1.807, 2.05) is 18.7 Å². The van der Waals surface area contributed by atoms with Crippen molar-refractivity contribution in [3.63, 3.8) is 0 Å². The molecule has 1 amide bonds. The van der Waals surface area contributed by atoms with E-state index in [9.17, 15) is 9.90 Å². The number of rotatable bonds is 8. The zero-order chi connectivity index (χ0) is 19.4. The molecule has 1 aliphatic heterocycles. The molecule has 1 aliphatic carbocycles. The van der Waals surface area contributed by atoms with Gasteiger partial charge in [-0.25, -0.2) is 0 Å². The van der Waals surface area contributed by atoms with E-state index >= 15 is 0 Å². The van der Waals surface area contributed by atoms with E-state index in [2.05, 4.69) is 35.7 Å². The number of carbonyl (C=O) groups excluding carboxylic acids is 1. The van der Waals surface area contributed by atoms with Crippen LogP contribution in [0, 0.1) is 0 Å². The maximum atomic E-state index is 12.4. The molecule has 5 heteroatoms. The number of aliphatic hydroxyl groups excluding tert-OH is 1. The molecule has 0 radical (unpaired) electrons. The number of carbonyl (C=O) groups is 1.